The predicted molar refractivity (Wildman–Crippen MR) is 130 cm³/mol. The van der Waals surface area contributed by atoms with Crippen LogP contribution in [0.15, 0.2) is 42.9 Å². The number of hydrogen-bond acceptors (Lipinski definition) is 9. The van der Waals surface area contributed by atoms with Crippen molar-refractivity contribution in [2.45, 2.75) is 64.1 Å². The Morgan fingerprint density at radius 2 is 1.91 bits per heavy atom. The van der Waals surface area contributed by atoms with Crippen molar-refractivity contribution in [2.75, 3.05) is 10.6 Å². The first-order chi connectivity index (χ1) is 16.8. The Morgan fingerprint density at radius 1 is 1.17 bits per heavy atom. The van der Waals surface area contributed by atoms with Gasteiger partial charge in [0.2, 0.25) is 0 Å². The maximum atomic E-state index is 12.3. The number of benzene rings is 1. The van der Waals surface area contributed by atoms with Crippen LogP contribution in [0.3, 0.4) is 0 Å². The van der Waals surface area contributed by atoms with Crippen LogP contribution in [0.2, 0.25) is 0 Å². The fraction of sp³-hybridized carbons (Fsp3) is 0.417. The second kappa shape index (κ2) is 10.4. The maximum Gasteiger partial charge on any atom is 0.407 e. The number of nitrogens with one attached hydrogen (secondary N) is 3. The number of carbonyl (C=O) groups is 1. The Balaban J connectivity index is 1.50. The zero-order valence-corrected chi connectivity index (χ0v) is 20.0. The van der Waals surface area contributed by atoms with Crippen molar-refractivity contribution >= 4 is 23.4 Å². The first kappa shape index (κ1) is 23.9. The van der Waals surface area contributed by atoms with Gasteiger partial charge in [0.15, 0.2) is 11.5 Å². The zero-order chi connectivity index (χ0) is 24.8. The normalized spacial score (nSPS) is 17.8. The van der Waals surface area contributed by atoms with Gasteiger partial charge in [-0.3, -0.25) is 0 Å². The van der Waals surface area contributed by atoms with Crippen molar-refractivity contribution in [1.29, 1.82) is 5.26 Å². The summed E-state index contributed by atoms with van der Waals surface area (Å²) < 4.78 is 5.43. The van der Waals surface area contributed by atoms with E-state index in [1.807, 2.05) is 45.0 Å². The van der Waals surface area contributed by atoms with Crippen LogP contribution in [0.1, 0.15) is 52.1 Å². The molecule has 0 saturated heterocycles. The van der Waals surface area contributed by atoms with Crippen molar-refractivity contribution in [3.05, 3.63) is 48.5 Å². The van der Waals surface area contributed by atoms with E-state index >= 15 is 0 Å². The van der Waals surface area contributed by atoms with Crippen molar-refractivity contribution < 1.29 is 9.53 Å². The van der Waals surface area contributed by atoms with Gasteiger partial charge in [-0.25, -0.2) is 14.8 Å². The van der Waals surface area contributed by atoms with Gasteiger partial charge in [-0.2, -0.15) is 20.3 Å². The van der Waals surface area contributed by atoms with E-state index in [-0.39, 0.29) is 17.8 Å². The van der Waals surface area contributed by atoms with E-state index in [9.17, 15) is 10.1 Å². The monoisotopic (exact) mass is 475 g/mol. The van der Waals surface area contributed by atoms with E-state index in [4.69, 9.17) is 4.74 Å². The molecule has 1 saturated carbocycles. The van der Waals surface area contributed by atoms with E-state index in [1.54, 1.807) is 12.4 Å². The van der Waals surface area contributed by atoms with E-state index in [1.165, 1.54) is 11.0 Å². The molecule has 0 aliphatic heterocycles. The van der Waals surface area contributed by atoms with Crippen LogP contribution < -0.4 is 16.0 Å². The fourth-order valence-corrected chi connectivity index (χ4v) is 3.95. The highest BCUT2D eigenvalue weighted by atomic mass is 16.6. The van der Waals surface area contributed by atoms with E-state index < -0.39 is 11.7 Å². The SMILES string of the molecule is CC(C)(C)OC(=O)N[C@H]1CCCC[C@H]1Nc1cnc(C#N)c(Nc2cccc(-n3nccn3)c2)n1. The number of ether oxygens (including phenoxy) is 1. The molecule has 1 fully saturated rings. The molecule has 0 unspecified atom stereocenters. The molecule has 4 rings (SSSR count). The minimum absolute atomic E-state index is 0.0411. The lowest BCUT2D eigenvalue weighted by molar-refractivity contribution is 0.0488. The van der Waals surface area contributed by atoms with Gasteiger partial charge in [-0.05, 0) is 51.8 Å². The van der Waals surface area contributed by atoms with Crippen LogP contribution in [-0.2, 0) is 4.74 Å². The number of rotatable bonds is 6. The average Bonchev–Trinajstić information content (AvgIpc) is 3.35. The summed E-state index contributed by atoms with van der Waals surface area (Å²) in [5.74, 6) is 0.842. The molecule has 1 aromatic carbocycles. The molecule has 11 nitrogen and oxygen atoms in total. The smallest absolute Gasteiger partial charge is 0.407 e. The largest absolute Gasteiger partial charge is 0.444 e. The topological polar surface area (TPSA) is 143 Å². The summed E-state index contributed by atoms with van der Waals surface area (Å²) in [6, 6.07) is 9.38. The Labute approximate surface area is 203 Å². The minimum atomic E-state index is -0.564. The molecule has 1 aliphatic carbocycles. The standard InChI is InChI=1S/C24H29N9O2/c1-24(2,3)35-23(34)31-19-10-5-4-9-18(19)30-21-15-26-20(14-25)22(32-21)29-16-7-6-8-17(13-16)33-27-11-12-28-33/h6-8,11-13,15,18-19H,4-5,9-10H2,1-3H3,(H,31,34)(H2,29,30,32)/t18-,19+/m1/s1. The Kier molecular flexibility index (Phi) is 7.10. The van der Waals surface area contributed by atoms with Gasteiger partial charge in [0, 0.05) is 11.7 Å². The molecule has 35 heavy (non-hydrogen) atoms. The Morgan fingerprint density at radius 3 is 2.63 bits per heavy atom. The van der Waals surface area contributed by atoms with E-state index in [0.29, 0.717) is 17.3 Å². The van der Waals surface area contributed by atoms with Gasteiger partial charge in [0.1, 0.15) is 17.5 Å². The van der Waals surface area contributed by atoms with Gasteiger partial charge in [-0.1, -0.05) is 18.9 Å². The van der Waals surface area contributed by atoms with E-state index in [2.05, 4.69) is 42.2 Å². The number of alkyl carbamates (subject to hydrolysis) is 1. The third kappa shape index (κ3) is 6.44. The summed E-state index contributed by atoms with van der Waals surface area (Å²) in [4.78, 5) is 22.7. The van der Waals surface area contributed by atoms with Crippen molar-refractivity contribution in [1.82, 2.24) is 30.3 Å². The molecule has 11 heteroatoms. The molecule has 2 atom stereocenters. The van der Waals surface area contributed by atoms with Crippen LogP contribution in [0, 0.1) is 11.3 Å². The number of anilines is 3. The summed E-state index contributed by atoms with van der Waals surface area (Å²) >= 11 is 0. The summed E-state index contributed by atoms with van der Waals surface area (Å²) in [6.45, 7) is 5.52. The molecule has 3 aromatic rings. The Hall–Kier alpha value is -4.20. The maximum absolute atomic E-state index is 12.3. The molecule has 1 amide bonds. The summed E-state index contributed by atoms with van der Waals surface area (Å²) in [7, 11) is 0. The van der Waals surface area contributed by atoms with Crippen molar-refractivity contribution in [2.24, 2.45) is 0 Å². The molecule has 2 aromatic heterocycles. The second-order valence-electron chi connectivity index (χ2n) is 9.35. The minimum Gasteiger partial charge on any atom is -0.444 e. The lowest BCUT2D eigenvalue weighted by atomic mass is 9.90. The number of amides is 1. The number of carbonyl (C=O) groups excluding carboxylic acids is 1. The van der Waals surface area contributed by atoms with Crippen LogP contribution in [0.4, 0.5) is 22.1 Å². The predicted octanol–water partition coefficient (Wildman–Crippen LogP) is 3.92. The van der Waals surface area contributed by atoms with Gasteiger partial charge >= 0.3 is 6.09 Å². The van der Waals surface area contributed by atoms with Crippen LogP contribution in [0.5, 0.6) is 0 Å². The van der Waals surface area contributed by atoms with Gasteiger partial charge in [0.25, 0.3) is 0 Å². The first-order valence-corrected chi connectivity index (χ1v) is 11.6. The Bertz CT molecular complexity index is 1200. The molecule has 2 heterocycles. The fourth-order valence-electron chi connectivity index (χ4n) is 3.95. The molecular weight excluding hydrogens is 446 g/mol. The molecular formula is C24H29N9O2. The van der Waals surface area contributed by atoms with Crippen LogP contribution >= 0.6 is 0 Å². The quantitative estimate of drug-likeness (QED) is 0.483. The van der Waals surface area contributed by atoms with Crippen molar-refractivity contribution in [3.63, 3.8) is 0 Å². The third-order valence-corrected chi connectivity index (χ3v) is 5.44. The highest BCUT2D eigenvalue weighted by molar-refractivity contribution is 5.68. The molecule has 0 bridgehead atoms. The number of nitrogens with zero attached hydrogens (tertiary/aromatic N) is 6. The lowest BCUT2D eigenvalue weighted by Gasteiger charge is -2.33. The summed E-state index contributed by atoms with van der Waals surface area (Å²) in [5, 5.41) is 27.4. The molecule has 0 spiro atoms. The number of hydrogen-bond donors (Lipinski definition) is 3. The van der Waals surface area contributed by atoms with E-state index in [0.717, 1.165) is 31.4 Å². The first-order valence-electron chi connectivity index (χ1n) is 11.6. The van der Waals surface area contributed by atoms with Crippen molar-refractivity contribution in [3.8, 4) is 11.8 Å². The molecule has 1 aliphatic rings. The molecule has 182 valence electrons. The number of aromatic nitrogens is 5. The molecule has 3 N–H and O–H groups in total. The van der Waals surface area contributed by atoms with Gasteiger partial charge < -0.3 is 20.7 Å². The zero-order valence-electron chi connectivity index (χ0n) is 20.0. The number of nitriles is 1. The lowest BCUT2D eigenvalue weighted by Crippen LogP contribution is -2.49. The summed E-state index contributed by atoms with van der Waals surface area (Å²) in [5.41, 5.74) is 1.08. The molecule has 0 radical (unpaired) electrons. The summed E-state index contributed by atoms with van der Waals surface area (Å²) in [6.07, 6.45) is 8.06. The van der Waals surface area contributed by atoms with Gasteiger partial charge in [0.05, 0.1) is 30.3 Å². The van der Waals surface area contributed by atoms with Crippen LogP contribution in [0.25, 0.3) is 5.69 Å². The highest BCUT2D eigenvalue weighted by Gasteiger charge is 2.29. The second-order valence-corrected chi connectivity index (χ2v) is 9.35. The average molecular weight is 476 g/mol. The van der Waals surface area contributed by atoms with Gasteiger partial charge in [-0.15, -0.1) is 0 Å². The third-order valence-electron chi connectivity index (χ3n) is 5.44. The highest BCUT2D eigenvalue weighted by Crippen LogP contribution is 2.25. The van der Waals surface area contributed by atoms with Crippen LogP contribution in [-0.4, -0.2) is 48.7 Å².